The number of allylic oxidation sites excluding steroid dienone is 1. The summed E-state index contributed by atoms with van der Waals surface area (Å²) in [5, 5.41) is 0. The van der Waals surface area contributed by atoms with E-state index in [0.29, 0.717) is 0 Å². The van der Waals surface area contributed by atoms with Crippen LogP contribution in [0.15, 0.2) is 36.2 Å². The Morgan fingerprint density at radius 2 is 2.17 bits per heavy atom. The van der Waals surface area contributed by atoms with E-state index in [-0.39, 0.29) is 6.61 Å². The summed E-state index contributed by atoms with van der Waals surface area (Å²) in [6.07, 6.45) is 8.67. The van der Waals surface area contributed by atoms with Crippen LogP contribution in [0.5, 0.6) is 0 Å². The third-order valence-electron chi connectivity index (χ3n) is 2.47. The maximum absolute atomic E-state index is 10.8. The molecule has 0 radical (unpaired) electrons. The molecule has 0 saturated carbocycles. The molecule has 0 N–H and O–H groups in total. The Labute approximate surface area is 106 Å². The number of carbonyl (C=O) groups excluding carboxylic acids is 1. The minimum Gasteiger partial charge on any atom is -0.453 e. The zero-order valence-corrected chi connectivity index (χ0v) is 10.5. The van der Waals surface area contributed by atoms with E-state index in [1.165, 1.54) is 5.57 Å². The average molecular weight is 247 g/mol. The van der Waals surface area contributed by atoms with Gasteiger partial charge < -0.3 is 14.8 Å². The van der Waals surface area contributed by atoms with Gasteiger partial charge in [0.1, 0.15) is 6.61 Å². The summed E-state index contributed by atoms with van der Waals surface area (Å²) in [5.41, 5.74) is 9.28. The van der Waals surface area contributed by atoms with Crippen molar-refractivity contribution in [1.29, 1.82) is 0 Å². The second-order valence-corrected chi connectivity index (χ2v) is 3.95. The predicted octanol–water partition coefficient (Wildman–Crippen LogP) is 2.06. The minimum absolute atomic E-state index is 0.209. The number of aromatic nitrogens is 1. The molecule has 0 spiro atoms. The van der Waals surface area contributed by atoms with Gasteiger partial charge in [0.15, 0.2) is 0 Å². The van der Waals surface area contributed by atoms with Crippen molar-refractivity contribution in [2.45, 2.75) is 26.3 Å². The van der Waals surface area contributed by atoms with E-state index < -0.39 is 5.97 Å². The van der Waals surface area contributed by atoms with Gasteiger partial charge in [-0.25, -0.2) is 4.79 Å². The molecule has 0 amide bonds. The highest BCUT2D eigenvalue weighted by Crippen LogP contribution is 2.05. The standard InChI is InChI=1S/C13H17N3O2/c1-12(6-10-18-13(17)11-15-14)5-4-9-16-7-2-3-8-16/h2-3,6-8,11H,4-5,9-10H2,1H3/b12-6-. The molecule has 5 nitrogen and oxygen atoms in total. The Morgan fingerprint density at radius 1 is 1.44 bits per heavy atom. The summed E-state index contributed by atoms with van der Waals surface area (Å²) in [7, 11) is 0. The molecule has 18 heavy (non-hydrogen) atoms. The highest BCUT2D eigenvalue weighted by Gasteiger charge is 2.00. The Morgan fingerprint density at radius 3 is 2.83 bits per heavy atom. The topological polar surface area (TPSA) is 67.6 Å². The molecule has 96 valence electrons. The molecule has 0 fully saturated rings. The van der Waals surface area contributed by atoms with Crippen molar-refractivity contribution in [1.82, 2.24) is 4.57 Å². The lowest BCUT2D eigenvalue weighted by Crippen LogP contribution is -2.06. The van der Waals surface area contributed by atoms with Crippen LogP contribution in [0, 0.1) is 0 Å². The van der Waals surface area contributed by atoms with Crippen LogP contribution in [0.2, 0.25) is 0 Å². The predicted molar refractivity (Wildman–Crippen MR) is 68.1 cm³/mol. The van der Waals surface area contributed by atoms with Gasteiger partial charge in [-0.15, -0.1) is 0 Å². The molecule has 0 aliphatic heterocycles. The fraction of sp³-hybridized carbons (Fsp3) is 0.385. The van der Waals surface area contributed by atoms with E-state index in [2.05, 4.69) is 9.36 Å². The highest BCUT2D eigenvalue weighted by atomic mass is 16.5. The van der Waals surface area contributed by atoms with E-state index in [4.69, 9.17) is 10.3 Å². The number of ether oxygens (including phenoxy) is 1. The molecular weight excluding hydrogens is 230 g/mol. The van der Waals surface area contributed by atoms with Crippen LogP contribution < -0.4 is 0 Å². The summed E-state index contributed by atoms with van der Waals surface area (Å²) in [6, 6.07) is 4.01. The second-order valence-electron chi connectivity index (χ2n) is 3.95. The summed E-state index contributed by atoms with van der Waals surface area (Å²) in [6.45, 7) is 3.19. The highest BCUT2D eigenvalue weighted by molar-refractivity contribution is 6.20. The van der Waals surface area contributed by atoms with Gasteiger partial charge in [0, 0.05) is 18.9 Å². The molecule has 1 heterocycles. The van der Waals surface area contributed by atoms with E-state index in [0.717, 1.165) is 25.6 Å². The van der Waals surface area contributed by atoms with E-state index in [9.17, 15) is 4.79 Å². The van der Waals surface area contributed by atoms with Crippen LogP contribution in [0.3, 0.4) is 0 Å². The Kier molecular flexibility index (Phi) is 6.22. The molecule has 0 atom stereocenters. The third-order valence-corrected chi connectivity index (χ3v) is 2.47. The third kappa shape index (κ3) is 5.82. The Bertz CT molecular complexity index is 443. The molecule has 0 aromatic carbocycles. The van der Waals surface area contributed by atoms with E-state index >= 15 is 0 Å². The minimum atomic E-state index is -0.645. The van der Waals surface area contributed by atoms with Crippen molar-refractivity contribution < 1.29 is 14.3 Å². The first-order chi connectivity index (χ1) is 8.72. The second kappa shape index (κ2) is 8.03. The van der Waals surface area contributed by atoms with Gasteiger partial charge in [0.25, 0.3) is 0 Å². The molecule has 1 aromatic heterocycles. The lowest BCUT2D eigenvalue weighted by atomic mass is 10.1. The summed E-state index contributed by atoms with van der Waals surface area (Å²) in [5.74, 6) is -0.645. The number of rotatable bonds is 7. The number of hydrogen-bond acceptors (Lipinski definition) is 2. The van der Waals surface area contributed by atoms with Crippen molar-refractivity contribution in [2.75, 3.05) is 6.61 Å². The first-order valence-electron chi connectivity index (χ1n) is 5.83. The van der Waals surface area contributed by atoms with Crippen LogP contribution in [0.25, 0.3) is 5.53 Å². The van der Waals surface area contributed by atoms with Crippen molar-refractivity contribution >= 4 is 12.2 Å². The molecule has 0 bridgehead atoms. The van der Waals surface area contributed by atoms with Crippen molar-refractivity contribution in [3.8, 4) is 0 Å². The monoisotopic (exact) mass is 247 g/mol. The summed E-state index contributed by atoms with van der Waals surface area (Å²) < 4.78 is 6.91. The van der Waals surface area contributed by atoms with Gasteiger partial charge in [0.2, 0.25) is 0 Å². The fourth-order valence-corrected chi connectivity index (χ4v) is 1.51. The molecule has 1 aromatic rings. The van der Waals surface area contributed by atoms with Crippen LogP contribution in [0.1, 0.15) is 19.8 Å². The van der Waals surface area contributed by atoms with Gasteiger partial charge in [-0.05, 0) is 38.0 Å². The maximum atomic E-state index is 10.8. The molecule has 0 aliphatic carbocycles. The molecule has 0 saturated heterocycles. The molecular formula is C13H17N3O2. The van der Waals surface area contributed by atoms with Crippen LogP contribution in [0.4, 0.5) is 0 Å². The fourth-order valence-electron chi connectivity index (χ4n) is 1.51. The number of hydrogen-bond donors (Lipinski definition) is 0. The maximum Gasteiger partial charge on any atom is 0.413 e. The largest absolute Gasteiger partial charge is 0.453 e. The summed E-state index contributed by atoms with van der Waals surface area (Å²) in [4.78, 5) is 13.4. The Balaban J connectivity index is 2.17. The number of carbonyl (C=O) groups is 1. The van der Waals surface area contributed by atoms with Crippen LogP contribution in [-0.4, -0.2) is 28.1 Å². The van der Waals surface area contributed by atoms with Crippen LogP contribution >= 0.6 is 0 Å². The molecule has 0 aliphatic rings. The smallest absolute Gasteiger partial charge is 0.413 e. The average Bonchev–Trinajstić information content (AvgIpc) is 2.82. The van der Waals surface area contributed by atoms with Crippen molar-refractivity contribution in [3.63, 3.8) is 0 Å². The van der Waals surface area contributed by atoms with Crippen molar-refractivity contribution in [3.05, 3.63) is 41.7 Å². The zero-order chi connectivity index (χ0) is 13.2. The zero-order valence-electron chi connectivity index (χ0n) is 10.5. The van der Waals surface area contributed by atoms with E-state index in [1.54, 1.807) is 0 Å². The number of nitrogens with zero attached hydrogens (tertiary/aromatic N) is 3. The molecule has 5 heteroatoms. The normalized spacial score (nSPS) is 10.8. The quantitative estimate of drug-likeness (QED) is 0.243. The molecule has 0 unspecified atom stereocenters. The molecule has 1 rings (SSSR count). The van der Waals surface area contributed by atoms with Gasteiger partial charge in [-0.2, -0.15) is 4.79 Å². The first kappa shape index (κ1) is 13.9. The summed E-state index contributed by atoms with van der Waals surface area (Å²) >= 11 is 0. The SMILES string of the molecule is C/C(=C/COC(=O)C=[N+]=[N-])CCCn1cccc1. The lowest BCUT2D eigenvalue weighted by Gasteiger charge is -2.03. The van der Waals surface area contributed by atoms with Gasteiger partial charge >= 0.3 is 12.2 Å². The van der Waals surface area contributed by atoms with Gasteiger partial charge in [-0.3, -0.25) is 0 Å². The van der Waals surface area contributed by atoms with Gasteiger partial charge in [0.05, 0.1) is 0 Å². The van der Waals surface area contributed by atoms with E-state index in [1.807, 2.05) is 37.5 Å². The number of aryl methyl sites for hydroxylation is 1. The van der Waals surface area contributed by atoms with Gasteiger partial charge in [-0.1, -0.05) is 5.57 Å². The first-order valence-corrected chi connectivity index (χ1v) is 5.83. The number of esters is 1. The van der Waals surface area contributed by atoms with Crippen LogP contribution in [-0.2, 0) is 16.1 Å². The Hall–Kier alpha value is -2.13. The van der Waals surface area contributed by atoms with Crippen molar-refractivity contribution in [2.24, 2.45) is 0 Å². The lowest BCUT2D eigenvalue weighted by molar-refractivity contribution is -0.137.